The number of nitrogens with zero attached hydrogens (tertiary/aromatic N) is 2. The van der Waals surface area contributed by atoms with Crippen molar-refractivity contribution in [2.24, 2.45) is 0 Å². The lowest BCUT2D eigenvalue weighted by atomic mass is 10.2. The van der Waals surface area contributed by atoms with E-state index in [1.165, 1.54) is 7.11 Å². The summed E-state index contributed by atoms with van der Waals surface area (Å²) in [6, 6.07) is 11.0. The van der Waals surface area contributed by atoms with Gasteiger partial charge in [0.25, 0.3) is 5.56 Å². The number of rotatable bonds is 6. The molecule has 0 spiro atoms. The van der Waals surface area contributed by atoms with Crippen molar-refractivity contribution in [3.05, 3.63) is 52.6 Å². The average molecular weight is 397 g/mol. The lowest BCUT2D eigenvalue weighted by Crippen LogP contribution is -2.39. The number of likely N-dealkylation sites (N-methyl/N-ethyl adjacent to an activating group) is 1. The summed E-state index contributed by atoms with van der Waals surface area (Å²) < 4.78 is 22.3. The molecule has 0 amide bonds. The van der Waals surface area contributed by atoms with Crippen molar-refractivity contribution in [2.75, 3.05) is 34.4 Å². The number of fused-ring (bicyclic) bond motifs is 2. The van der Waals surface area contributed by atoms with Gasteiger partial charge in [-0.05, 0) is 25.2 Å². The van der Waals surface area contributed by atoms with Gasteiger partial charge in [0, 0.05) is 12.6 Å². The first-order valence-electron chi connectivity index (χ1n) is 9.29. The van der Waals surface area contributed by atoms with Crippen LogP contribution in [-0.4, -0.2) is 55.4 Å². The Morgan fingerprint density at radius 3 is 2.66 bits per heavy atom. The molecule has 0 saturated carbocycles. The molecular formula is C21H23N3O5. The summed E-state index contributed by atoms with van der Waals surface area (Å²) in [5, 5.41) is 0.453. The molecule has 152 valence electrons. The molecule has 2 heterocycles. The van der Waals surface area contributed by atoms with Gasteiger partial charge in [0.1, 0.15) is 18.5 Å². The minimum atomic E-state index is -0.217. The zero-order valence-corrected chi connectivity index (χ0v) is 16.6. The van der Waals surface area contributed by atoms with Crippen LogP contribution >= 0.6 is 0 Å². The van der Waals surface area contributed by atoms with Crippen molar-refractivity contribution >= 4 is 10.9 Å². The van der Waals surface area contributed by atoms with Crippen LogP contribution in [-0.2, 0) is 6.54 Å². The Labute approximate surface area is 168 Å². The highest BCUT2D eigenvalue weighted by molar-refractivity contribution is 5.81. The van der Waals surface area contributed by atoms with E-state index in [1.807, 2.05) is 36.2 Å². The fraction of sp³-hybridized carbons (Fsp3) is 0.333. The predicted molar refractivity (Wildman–Crippen MR) is 108 cm³/mol. The van der Waals surface area contributed by atoms with Crippen LogP contribution in [0.1, 0.15) is 5.82 Å². The normalized spacial score (nSPS) is 15.5. The first kappa shape index (κ1) is 19.1. The van der Waals surface area contributed by atoms with Gasteiger partial charge in [0.2, 0.25) is 0 Å². The zero-order chi connectivity index (χ0) is 20.4. The highest BCUT2D eigenvalue weighted by Crippen LogP contribution is 2.31. The molecule has 8 heteroatoms. The molecule has 1 N–H and O–H groups in total. The summed E-state index contributed by atoms with van der Waals surface area (Å²) in [7, 11) is 5.03. The third kappa shape index (κ3) is 3.97. The Morgan fingerprint density at radius 2 is 1.90 bits per heavy atom. The largest absolute Gasteiger partial charge is 0.493 e. The number of hydrogen-bond acceptors (Lipinski definition) is 7. The second-order valence-electron chi connectivity index (χ2n) is 6.93. The third-order valence-electron chi connectivity index (χ3n) is 4.76. The Morgan fingerprint density at radius 1 is 1.17 bits per heavy atom. The van der Waals surface area contributed by atoms with Crippen LogP contribution in [0.5, 0.6) is 23.0 Å². The lowest BCUT2D eigenvalue weighted by Gasteiger charge is -2.29. The van der Waals surface area contributed by atoms with E-state index in [9.17, 15) is 4.79 Å². The monoisotopic (exact) mass is 397 g/mol. The van der Waals surface area contributed by atoms with Gasteiger partial charge in [-0.15, -0.1) is 0 Å². The van der Waals surface area contributed by atoms with Crippen LogP contribution in [0.15, 0.2) is 41.2 Å². The molecule has 1 aliphatic rings. The molecule has 3 aromatic rings. The third-order valence-corrected chi connectivity index (χ3v) is 4.76. The number of nitrogens with one attached hydrogen (secondary N) is 1. The predicted octanol–water partition coefficient (Wildman–Crippen LogP) is 2.21. The summed E-state index contributed by atoms with van der Waals surface area (Å²) in [4.78, 5) is 22.0. The zero-order valence-electron chi connectivity index (χ0n) is 16.6. The molecule has 2 aromatic carbocycles. The van der Waals surface area contributed by atoms with E-state index in [1.54, 1.807) is 19.2 Å². The number of hydrogen-bond donors (Lipinski definition) is 1. The van der Waals surface area contributed by atoms with Crippen molar-refractivity contribution in [3.8, 4) is 23.0 Å². The van der Waals surface area contributed by atoms with Crippen LogP contribution in [0.25, 0.3) is 10.9 Å². The smallest absolute Gasteiger partial charge is 0.258 e. The molecule has 0 fully saturated rings. The summed E-state index contributed by atoms with van der Waals surface area (Å²) in [5.74, 6) is 3.09. The van der Waals surface area contributed by atoms with Crippen LogP contribution < -0.4 is 24.5 Å². The maximum atomic E-state index is 12.5. The molecule has 0 bridgehead atoms. The van der Waals surface area contributed by atoms with Gasteiger partial charge >= 0.3 is 0 Å². The Bertz CT molecular complexity index is 1080. The van der Waals surface area contributed by atoms with E-state index < -0.39 is 0 Å². The maximum Gasteiger partial charge on any atom is 0.258 e. The Kier molecular flexibility index (Phi) is 5.26. The van der Waals surface area contributed by atoms with E-state index in [0.29, 0.717) is 47.9 Å². The number of benzene rings is 2. The fourth-order valence-corrected chi connectivity index (χ4v) is 3.41. The maximum absolute atomic E-state index is 12.5. The Balaban J connectivity index is 1.49. The molecule has 1 unspecified atom stereocenters. The minimum absolute atomic E-state index is 0.105. The molecule has 1 atom stereocenters. The van der Waals surface area contributed by atoms with Crippen LogP contribution in [0, 0.1) is 0 Å². The Hall–Kier alpha value is -3.26. The quantitative estimate of drug-likeness (QED) is 0.682. The molecular weight excluding hydrogens is 374 g/mol. The molecule has 0 saturated heterocycles. The standard InChI is InChI=1S/C21H23N3O5/c1-24(10-13-12-28-16-6-4-5-7-17(16)29-13)11-20-22-15-9-19(27-3)18(26-2)8-14(15)21(25)23-20/h4-9,13H,10-12H2,1-3H3,(H,22,23,25). The summed E-state index contributed by atoms with van der Waals surface area (Å²) >= 11 is 0. The number of ether oxygens (including phenoxy) is 4. The highest BCUT2D eigenvalue weighted by atomic mass is 16.6. The van der Waals surface area contributed by atoms with Crippen molar-refractivity contribution < 1.29 is 18.9 Å². The van der Waals surface area contributed by atoms with Gasteiger partial charge in [-0.2, -0.15) is 0 Å². The number of H-pyrrole nitrogens is 1. The van der Waals surface area contributed by atoms with Crippen molar-refractivity contribution in [3.63, 3.8) is 0 Å². The van der Waals surface area contributed by atoms with Crippen LogP contribution in [0.3, 0.4) is 0 Å². The van der Waals surface area contributed by atoms with E-state index in [0.717, 1.165) is 11.5 Å². The summed E-state index contributed by atoms with van der Waals surface area (Å²) in [6.45, 7) is 1.56. The van der Waals surface area contributed by atoms with Crippen molar-refractivity contribution in [1.29, 1.82) is 0 Å². The number of aromatic amines is 1. The first-order valence-corrected chi connectivity index (χ1v) is 9.29. The second kappa shape index (κ2) is 8.00. The fourth-order valence-electron chi connectivity index (χ4n) is 3.41. The van der Waals surface area contributed by atoms with Gasteiger partial charge in [0.15, 0.2) is 23.0 Å². The van der Waals surface area contributed by atoms with Crippen LogP contribution in [0.2, 0.25) is 0 Å². The van der Waals surface area contributed by atoms with E-state index in [-0.39, 0.29) is 11.7 Å². The molecule has 4 rings (SSSR count). The summed E-state index contributed by atoms with van der Waals surface area (Å²) in [5.41, 5.74) is 0.339. The van der Waals surface area contributed by atoms with Gasteiger partial charge in [-0.25, -0.2) is 4.98 Å². The van der Waals surface area contributed by atoms with Crippen molar-refractivity contribution in [2.45, 2.75) is 12.6 Å². The minimum Gasteiger partial charge on any atom is -0.493 e. The second-order valence-corrected chi connectivity index (χ2v) is 6.93. The van der Waals surface area contributed by atoms with Crippen molar-refractivity contribution in [1.82, 2.24) is 14.9 Å². The highest BCUT2D eigenvalue weighted by Gasteiger charge is 2.22. The summed E-state index contributed by atoms with van der Waals surface area (Å²) in [6.07, 6.45) is -0.105. The number of methoxy groups -OCH3 is 2. The number of para-hydroxylation sites is 2. The van der Waals surface area contributed by atoms with E-state index in [2.05, 4.69) is 9.97 Å². The SMILES string of the molecule is COc1cc2nc(CN(C)CC3COc4ccccc4O3)[nH]c(=O)c2cc1OC. The molecule has 29 heavy (non-hydrogen) atoms. The number of aromatic nitrogens is 2. The van der Waals surface area contributed by atoms with Gasteiger partial charge in [-0.3, -0.25) is 9.69 Å². The van der Waals surface area contributed by atoms with Gasteiger partial charge in [0.05, 0.1) is 31.7 Å². The van der Waals surface area contributed by atoms with E-state index >= 15 is 0 Å². The topological polar surface area (TPSA) is 85.9 Å². The molecule has 1 aliphatic heterocycles. The molecule has 1 aromatic heterocycles. The molecule has 8 nitrogen and oxygen atoms in total. The lowest BCUT2D eigenvalue weighted by molar-refractivity contribution is 0.0632. The molecule has 0 radical (unpaired) electrons. The van der Waals surface area contributed by atoms with Gasteiger partial charge in [-0.1, -0.05) is 12.1 Å². The first-order chi connectivity index (χ1) is 14.1. The molecule has 0 aliphatic carbocycles. The van der Waals surface area contributed by atoms with E-state index in [4.69, 9.17) is 18.9 Å². The average Bonchev–Trinajstić information content (AvgIpc) is 2.72. The van der Waals surface area contributed by atoms with Crippen LogP contribution in [0.4, 0.5) is 0 Å². The van der Waals surface area contributed by atoms with Gasteiger partial charge < -0.3 is 23.9 Å².